The number of imidazole rings is 1. The predicted octanol–water partition coefficient (Wildman–Crippen LogP) is 1.98. The van der Waals surface area contributed by atoms with Crippen LogP contribution >= 0.6 is 0 Å². The molecule has 2 heterocycles. The third-order valence-corrected chi connectivity index (χ3v) is 2.16. The van der Waals surface area contributed by atoms with E-state index in [1.807, 2.05) is 0 Å². The van der Waals surface area contributed by atoms with Gasteiger partial charge in [-0.1, -0.05) is 0 Å². The first-order valence-electron chi connectivity index (χ1n) is 4.95. The number of halogens is 1. The number of nitrogens with zero attached hydrogens (tertiary/aromatic N) is 2. The minimum absolute atomic E-state index is 0.328. The summed E-state index contributed by atoms with van der Waals surface area (Å²) < 4.78 is 18.9. The van der Waals surface area contributed by atoms with Gasteiger partial charge in [-0.15, -0.1) is 0 Å². The molecule has 0 aromatic carbocycles. The maximum Gasteiger partial charge on any atom is 0.338 e. The van der Waals surface area contributed by atoms with Crippen LogP contribution in [0.2, 0.25) is 0 Å². The van der Waals surface area contributed by atoms with E-state index in [-0.39, 0.29) is 0 Å². The Morgan fingerprint density at radius 2 is 2.44 bits per heavy atom. The molecule has 0 fully saturated rings. The number of ether oxygens (including phenoxy) is 1. The normalized spacial score (nSPS) is 10.6. The van der Waals surface area contributed by atoms with E-state index in [0.29, 0.717) is 23.5 Å². The third kappa shape index (κ3) is 1.88. The van der Waals surface area contributed by atoms with Crippen LogP contribution in [0.1, 0.15) is 23.0 Å². The van der Waals surface area contributed by atoms with Crippen molar-refractivity contribution in [2.45, 2.75) is 13.6 Å². The fourth-order valence-corrected chi connectivity index (χ4v) is 1.44. The molecule has 16 heavy (non-hydrogen) atoms. The van der Waals surface area contributed by atoms with Crippen LogP contribution in [-0.2, 0) is 11.4 Å². The van der Waals surface area contributed by atoms with Gasteiger partial charge in [-0.3, -0.25) is 0 Å². The highest BCUT2D eigenvalue weighted by molar-refractivity contribution is 5.90. The molecule has 4 nitrogen and oxygen atoms in total. The molecule has 0 unspecified atom stereocenters. The van der Waals surface area contributed by atoms with Crippen LogP contribution in [0.25, 0.3) is 5.65 Å². The molecular formula is C11H11FN2O2. The van der Waals surface area contributed by atoms with Crippen molar-refractivity contribution in [2.24, 2.45) is 0 Å². The molecule has 5 heteroatoms. The number of esters is 1. The predicted molar refractivity (Wildman–Crippen MR) is 56.0 cm³/mol. The lowest BCUT2D eigenvalue weighted by atomic mass is 10.3. The third-order valence-electron chi connectivity index (χ3n) is 2.16. The first kappa shape index (κ1) is 10.6. The Labute approximate surface area is 91.7 Å². The quantitative estimate of drug-likeness (QED) is 0.746. The molecule has 0 saturated heterocycles. The van der Waals surface area contributed by atoms with Crippen LogP contribution in [-0.4, -0.2) is 22.0 Å². The van der Waals surface area contributed by atoms with Gasteiger partial charge in [-0.25, -0.2) is 14.2 Å². The highest BCUT2D eigenvalue weighted by Gasteiger charge is 2.08. The van der Waals surface area contributed by atoms with Gasteiger partial charge in [0.15, 0.2) is 0 Å². The van der Waals surface area contributed by atoms with Crippen molar-refractivity contribution < 1.29 is 13.9 Å². The highest BCUT2D eigenvalue weighted by Crippen LogP contribution is 2.10. The maximum absolute atomic E-state index is 12.4. The summed E-state index contributed by atoms with van der Waals surface area (Å²) in [6, 6.07) is 3.20. The van der Waals surface area contributed by atoms with E-state index in [0.717, 1.165) is 0 Å². The number of fused-ring (bicyclic) bond motifs is 1. The van der Waals surface area contributed by atoms with E-state index in [4.69, 9.17) is 4.74 Å². The minimum atomic E-state index is -0.615. The fourth-order valence-electron chi connectivity index (χ4n) is 1.44. The fraction of sp³-hybridized carbons (Fsp3) is 0.273. The van der Waals surface area contributed by atoms with Crippen molar-refractivity contribution in [2.75, 3.05) is 6.61 Å². The summed E-state index contributed by atoms with van der Waals surface area (Å²) in [5.74, 6) is -0.394. The maximum atomic E-state index is 12.4. The Bertz CT molecular complexity index is 522. The standard InChI is InChI=1S/C11H11FN2O2/c1-2-16-11(15)8-3-4-14-7-9(6-12)13-10(14)5-8/h3-5,7H,2,6H2,1H3. The molecule has 2 aromatic heterocycles. The lowest BCUT2D eigenvalue weighted by molar-refractivity contribution is 0.0526. The Morgan fingerprint density at radius 3 is 3.12 bits per heavy atom. The van der Waals surface area contributed by atoms with Gasteiger partial charge in [0.05, 0.1) is 17.9 Å². The van der Waals surface area contributed by atoms with Crippen molar-refractivity contribution in [1.29, 1.82) is 0 Å². The summed E-state index contributed by atoms with van der Waals surface area (Å²) in [6.45, 7) is 1.46. The molecular weight excluding hydrogens is 211 g/mol. The number of pyridine rings is 1. The van der Waals surface area contributed by atoms with Crippen LogP contribution in [0.15, 0.2) is 24.5 Å². The average molecular weight is 222 g/mol. The number of hydrogen-bond acceptors (Lipinski definition) is 3. The molecule has 0 aliphatic heterocycles. The van der Waals surface area contributed by atoms with Gasteiger partial charge in [0.2, 0.25) is 0 Å². The summed E-state index contributed by atoms with van der Waals surface area (Å²) in [5, 5.41) is 0. The van der Waals surface area contributed by atoms with Crippen molar-refractivity contribution in [3.05, 3.63) is 35.8 Å². The average Bonchev–Trinajstić information content (AvgIpc) is 2.70. The lowest BCUT2D eigenvalue weighted by Crippen LogP contribution is -2.04. The van der Waals surface area contributed by atoms with E-state index < -0.39 is 12.6 Å². The molecule has 2 aromatic rings. The number of carbonyl (C=O) groups excluding carboxylic acids is 1. The smallest absolute Gasteiger partial charge is 0.338 e. The zero-order chi connectivity index (χ0) is 11.5. The van der Waals surface area contributed by atoms with E-state index in [1.165, 1.54) is 0 Å². The molecule has 0 aliphatic rings. The molecule has 0 spiro atoms. The lowest BCUT2D eigenvalue weighted by Gasteiger charge is -2.01. The van der Waals surface area contributed by atoms with Gasteiger partial charge in [0.25, 0.3) is 0 Å². The van der Waals surface area contributed by atoms with Gasteiger partial charge >= 0.3 is 5.97 Å². The van der Waals surface area contributed by atoms with E-state index in [9.17, 15) is 9.18 Å². The second kappa shape index (κ2) is 4.30. The van der Waals surface area contributed by atoms with E-state index in [1.54, 1.807) is 35.9 Å². The summed E-state index contributed by atoms with van der Waals surface area (Å²) in [6.07, 6.45) is 3.25. The summed E-state index contributed by atoms with van der Waals surface area (Å²) in [5.41, 5.74) is 1.31. The zero-order valence-corrected chi connectivity index (χ0v) is 8.81. The Kier molecular flexibility index (Phi) is 2.85. The Morgan fingerprint density at radius 1 is 1.62 bits per heavy atom. The molecule has 0 atom stereocenters. The molecule has 2 rings (SSSR count). The number of aromatic nitrogens is 2. The van der Waals surface area contributed by atoms with Crippen LogP contribution in [0.5, 0.6) is 0 Å². The van der Waals surface area contributed by atoms with Crippen LogP contribution < -0.4 is 0 Å². The first-order chi connectivity index (χ1) is 7.74. The SMILES string of the molecule is CCOC(=O)c1ccn2cc(CF)nc2c1. The van der Waals surface area contributed by atoms with Gasteiger partial charge in [0, 0.05) is 12.4 Å². The highest BCUT2D eigenvalue weighted by atomic mass is 19.1. The summed E-state index contributed by atoms with van der Waals surface area (Å²) in [7, 11) is 0. The van der Waals surface area contributed by atoms with Gasteiger partial charge < -0.3 is 9.14 Å². The summed E-state index contributed by atoms with van der Waals surface area (Å²) >= 11 is 0. The van der Waals surface area contributed by atoms with Gasteiger partial charge in [0.1, 0.15) is 12.3 Å². The molecule has 0 N–H and O–H groups in total. The van der Waals surface area contributed by atoms with Crippen molar-refractivity contribution in [1.82, 2.24) is 9.38 Å². The number of carbonyl (C=O) groups is 1. The van der Waals surface area contributed by atoms with Gasteiger partial charge in [-0.2, -0.15) is 0 Å². The Balaban J connectivity index is 2.39. The van der Waals surface area contributed by atoms with Crippen molar-refractivity contribution in [3.8, 4) is 0 Å². The molecule has 84 valence electrons. The number of rotatable bonds is 3. The van der Waals surface area contributed by atoms with E-state index in [2.05, 4.69) is 4.98 Å². The monoisotopic (exact) mass is 222 g/mol. The second-order valence-corrected chi connectivity index (χ2v) is 3.27. The second-order valence-electron chi connectivity index (χ2n) is 3.27. The largest absolute Gasteiger partial charge is 0.462 e. The topological polar surface area (TPSA) is 43.6 Å². The summed E-state index contributed by atoms with van der Waals surface area (Å²) in [4.78, 5) is 15.4. The molecule has 0 radical (unpaired) electrons. The van der Waals surface area contributed by atoms with Crippen LogP contribution in [0.3, 0.4) is 0 Å². The zero-order valence-electron chi connectivity index (χ0n) is 8.81. The van der Waals surface area contributed by atoms with E-state index >= 15 is 0 Å². The van der Waals surface area contributed by atoms with Crippen LogP contribution in [0, 0.1) is 0 Å². The van der Waals surface area contributed by atoms with Crippen molar-refractivity contribution in [3.63, 3.8) is 0 Å². The Hall–Kier alpha value is -1.91. The molecule has 0 bridgehead atoms. The minimum Gasteiger partial charge on any atom is -0.462 e. The number of alkyl halides is 1. The molecule has 0 aliphatic carbocycles. The first-order valence-corrected chi connectivity index (χ1v) is 4.95. The molecule has 0 saturated carbocycles. The van der Waals surface area contributed by atoms with Gasteiger partial charge in [-0.05, 0) is 19.1 Å². The number of hydrogen-bond donors (Lipinski definition) is 0. The molecule has 0 amide bonds. The van der Waals surface area contributed by atoms with Crippen LogP contribution in [0.4, 0.5) is 4.39 Å². The van der Waals surface area contributed by atoms with Crippen molar-refractivity contribution >= 4 is 11.6 Å².